The molecule has 0 saturated carbocycles. The van der Waals surface area contributed by atoms with Gasteiger partial charge in [-0.05, 0) is 19.4 Å². The average molecular weight is 180 g/mol. The Labute approximate surface area is 77.0 Å². The molecule has 0 atom stereocenters. The summed E-state index contributed by atoms with van der Waals surface area (Å²) >= 11 is 0. The topological polar surface area (TPSA) is 46.5 Å². The van der Waals surface area contributed by atoms with Crippen LogP contribution in [0.25, 0.3) is 0 Å². The Hall–Kier alpha value is -1.51. The smallest absolute Gasteiger partial charge is 0.450 e. The zero-order valence-corrected chi connectivity index (χ0v) is 7.65. The molecule has 0 fully saturated rings. The normalized spacial score (nSPS) is 10.9. The summed E-state index contributed by atoms with van der Waals surface area (Å²) in [5.41, 5.74) is 0.0602. The predicted molar refractivity (Wildman–Crippen MR) is 48.6 cm³/mol. The average Bonchev–Trinajstić information content (AvgIpc) is 2.04. The summed E-state index contributed by atoms with van der Waals surface area (Å²) < 4.78 is 4.74. The van der Waals surface area contributed by atoms with Gasteiger partial charge in [-0.2, -0.15) is 0 Å². The molecule has 0 aliphatic carbocycles. The fourth-order valence-electron chi connectivity index (χ4n) is 1.12. The number of carboxylic acid groups (broad SMARTS) is 1. The second kappa shape index (κ2) is 3.47. The highest BCUT2D eigenvalue weighted by atomic mass is 16.7. The maximum atomic E-state index is 10.4. The number of carbonyl (C=O) groups is 1. The van der Waals surface area contributed by atoms with Gasteiger partial charge in [0.1, 0.15) is 5.60 Å². The maximum Gasteiger partial charge on any atom is 0.506 e. The first-order chi connectivity index (χ1) is 6.02. The number of ether oxygens (including phenoxy) is 1. The van der Waals surface area contributed by atoms with Gasteiger partial charge in [-0.25, -0.2) is 4.79 Å². The van der Waals surface area contributed by atoms with Gasteiger partial charge >= 0.3 is 6.16 Å². The zero-order valence-electron chi connectivity index (χ0n) is 7.65. The van der Waals surface area contributed by atoms with Crippen molar-refractivity contribution in [2.24, 2.45) is 0 Å². The Balaban J connectivity index is 2.87. The molecule has 0 bridgehead atoms. The number of rotatable bonds is 2. The van der Waals surface area contributed by atoms with E-state index in [0.29, 0.717) is 0 Å². The Morgan fingerprint density at radius 3 is 2.31 bits per heavy atom. The fourth-order valence-corrected chi connectivity index (χ4v) is 1.12. The van der Waals surface area contributed by atoms with E-state index in [0.717, 1.165) is 5.56 Å². The van der Waals surface area contributed by atoms with Gasteiger partial charge in [-0.15, -0.1) is 0 Å². The number of hydrogen-bond acceptors (Lipinski definition) is 2. The van der Waals surface area contributed by atoms with Crippen LogP contribution >= 0.6 is 0 Å². The minimum Gasteiger partial charge on any atom is -0.450 e. The van der Waals surface area contributed by atoms with Gasteiger partial charge in [-0.3, -0.25) is 0 Å². The van der Waals surface area contributed by atoms with Crippen molar-refractivity contribution < 1.29 is 14.6 Å². The monoisotopic (exact) mass is 180 g/mol. The van der Waals surface area contributed by atoms with Crippen LogP contribution in [-0.2, 0) is 10.3 Å². The highest BCUT2D eigenvalue weighted by Gasteiger charge is 2.24. The third-order valence-corrected chi connectivity index (χ3v) is 1.81. The van der Waals surface area contributed by atoms with Crippen molar-refractivity contribution in [3.63, 3.8) is 0 Å². The van der Waals surface area contributed by atoms with Gasteiger partial charge in [0.05, 0.1) is 0 Å². The summed E-state index contributed by atoms with van der Waals surface area (Å²) in [5, 5.41) is 8.49. The van der Waals surface area contributed by atoms with E-state index in [9.17, 15) is 4.79 Å². The largest absolute Gasteiger partial charge is 0.506 e. The van der Waals surface area contributed by atoms with Crippen molar-refractivity contribution in [2.75, 3.05) is 0 Å². The lowest BCUT2D eigenvalue weighted by Crippen LogP contribution is -2.24. The van der Waals surface area contributed by atoms with Crippen LogP contribution in [0.2, 0.25) is 0 Å². The molecule has 0 aromatic heterocycles. The molecule has 0 heterocycles. The van der Waals surface area contributed by atoms with E-state index in [1.807, 2.05) is 30.3 Å². The molecule has 1 aromatic carbocycles. The van der Waals surface area contributed by atoms with Crippen molar-refractivity contribution in [3.8, 4) is 0 Å². The number of benzene rings is 1. The van der Waals surface area contributed by atoms with Crippen LogP contribution in [0.1, 0.15) is 19.4 Å². The standard InChI is InChI=1S/C10H12O3/c1-10(2,13-9(11)12)8-6-4-3-5-7-8/h3-7H,1-2H3,(H,11,12). The van der Waals surface area contributed by atoms with E-state index in [-0.39, 0.29) is 0 Å². The van der Waals surface area contributed by atoms with Crippen LogP contribution in [0.5, 0.6) is 0 Å². The predicted octanol–water partition coefficient (Wildman–Crippen LogP) is 2.62. The molecule has 0 radical (unpaired) electrons. The third kappa shape index (κ3) is 2.47. The van der Waals surface area contributed by atoms with Gasteiger partial charge in [0.25, 0.3) is 0 Å². The van der Waals surface area contributed by atoms with Crippen LogP contribution in [0, 0.1) is 0 Å². The molecule has 0 aliphatic heterocycles. The molecule has 0 amide bonds. The van der Waals surface area contributed by atoms with Gasteiger partial charge in [0.15, 0.2) is 0 Å². The first-order valence-corrected chi connectivity index (χ1v) is 4.00. The molecule has 1 aromatic rings. The van der Waals surface area contributed by atoms with Crippen molar-refractivity contribution in [1.29, 1.82) is 0 Å². The molecule has 1 rings (SSSR count). The lowest BCUT2D eigenvalue weighted by Gasteiger charge is -2.23. The summed E-state index contributed by atoms with van der Waals surface area (Å²) in [4.78, 5) is 10.4. The van der Waals surface area contributed by atoms with Crippen LogP contribution in [0.3, 0.4) is 0 Å². The molecule has 3 heteroatoms. The minimum atomic E-state index is -1.26. The second-order valence-corrected chi connectivity index (χ2v) is 3.24. The highest BCUT2D eigenvalue weighted by Crippen LogP contribution is 2.23. The lowest BCUT2D eigenvalue weighted by molar-refractivity contribution is 0.00103. The Morgan fingerprint density at radius 1 is 1.31 bits per heavy atom. The van der Waals surface area contributed by atoms with Crippen molar-refractivity contribution in [2.45, 2.75) is 19.4 Å². The molecule has 13 heavy (non-hydrogen) atoms. The quantitative estimate of drug-likeness (QED) is 0.711. The van der Waals surface area contributed by atoms with E-state index < -0.39 is 11.8 Å². The van der Waals surface area contributed by atoms with Crippen molar-refractivity contribution in [3.05, 3.63) is 35.9 Å². The van der Waals surface area contributed by atoms with Gasteiger partial charge in [-0.1, -0.05) is 30.3 Å². The summed E-state index contributed by atoms with van der Waals surface area (Å²) in [6.45, 7) is 3.44. The molecular weight excluding hydrogens is 168 g/mol. The molecule has 3 nitrogen and oxygen atoms in total. The first-order valence-electron chi connectivity index (χ1n) is 4.00. The van der Waals surface area contributed by atoms with E-state index in [4.69, 9.17) is 9.84 Å². The summed E-state index contributed by atoms with van der Waals surface area (Å²) in [6, 6.07) is 9.25. The molecule has 0 aliphatic rings. The van der Waals surface area contributed by atoms with Crippen LogP contribution in [0.4, 0.5) is 4.79 Å². The maximum absolute atomic E-state index is 10.4. The molecule has 0 spiro atoms. The van der Waals surface area contributed by atoms with Crippen LogP contribution in [-0.4, -0.2) is 11.3 Å². The van der Waals surface area contributed by atoms with Crippen LogP contribution in [0.15, 0.2) is 30.3 Å². The number of hydrogen-bond donors (Lipinski definition) is 1. The molecule has 1 N–H and O–H groups in total. The summed E-state index contributed by atoms with van der Waals surface area (Å²) in [5.74, 6) is 0. The fraction of sp³-hybridized carbons (Fsp3) is 0.300. The van der Waals surface area contributed by atoms with Crippen LogP contribution < -0.4 is 0 Å². The first kappa shape index (κ1) is 9.58. The SMILES string of the molecule is CC(C)(OC(=O)O)c1ccccc1. The molecular formula is C10H12O3. The van der Waals surface area contributed by atoms with Gasteiger partial charge in [0.2, 0.25) is 0 Å². The van der Waals surface area contributed by atoms with Crippen molar-refractivity contribution in [1.82, 2.24) is 0 Å². The molecule has 70 valence electrons. The minimum absolute atomic E-state index is 0.785. The zero-order chi connectivity index (χ0) is 9.90. The molecule has 0 unspecified atom stereocenters. The Kier molecular flexibility index (Phi) is 2.56. The van der Waals surface area contributed by atoms with E-state index >= 15 is 0 Å². The Morgan fingerprint density at radius 2 is 1.85 bits per heavy atom. The summed E-state index contributed by atoms with van der Waals surface area (Å²) in [6.07, 6.45) is -1.26. The third-order valence-electron chi connectivity index (χ3n) is 1.81. The van der Waals surface area contributed by atoms with Gasteiger partial charge < -0.3 is 9.84 Å². The van der Waals surface area contributed by atoms with Crippen molar-refractivity contribution >= 4 is 6.16 Å². The summed E-state index contributed by atoms with van der Waals surface area (Å²) in [7, 11) is 0. The van der Waals surface area contributed by atoms with Gasteiger partial charge in [0, 0.05) is 0 Å². The Bertz CT molecular complexity index is 290. The second-order valence-electron chi connectivity index (χ2n) is 3.24. The lowest BCUT2D eigenvalue weighted by atomic mass is 9.98. The molecule has 0 saturated heterocycles. The highest BCUT2D eigenvalue weighted by molar-refractivity contribution is 5.57. The van der Waals surface area contributed by atoms with E-state index in [1.54, 1.807) is 13.8 Å². The van der Waals surface area contributed by atoms with E-state index in [2.05, 4.69) is 0 Å². The van der Waals surface area contributed by atoms with E-state index in [1.165, 1.54) is 0 Å².